The third-order valence-corrected chi connectivity index (χ3v) is 4.55. The third kappa shape index (κ3) is 2.77. The molecular weight excluding hydrogens is 306 g/mol. The van der Waals surface area contributed by atoms with E-state index >= 15 is 0 Å². The van der Waals surface area contributed by atoms with Crippen LogP contribution in [0.2, 0.25) is 0 Å². The lowest BCUT2D eigenvalue weighted by molar-refractivity contribution is -0.141. The van der Waals surface area contributed by atoms with E-state index in [1.807, 2.05) is 12.3 Å². The van der Waals surface area contributed by atoms with Crippen molar-refractivity contribution in [3.05, 3.63) is 48.5 Å². The molecule has 0 unspecified atom stereocenters. The van der Waals surface area contributed by atoms with E-state index in [0.717, 1.165) is 0 Å². The highest BCUT2D eigenvalue weighted by atomic mass is 16.2. The highest BCUT2D eigenvalue weighted by Crippen LogP contribution is 2.32. The van der Waals surface area contributed by atoms with Crippen LogP contribution in [0, 0.1) is 0 Å². The molecule has 24 heavy (non-hydrogen) atoms. The smallest absolute Gasteiger partial charge is 0.253 e. The molecule has 7 heteroatoms. The number of piperidine rings is 1. The largest absolute Gasteiger partial charge is 0.347 e. The molecule has 1 aliphatic rings. The number of hydrogen-bond acceptors (Lipinski definition) is 4. The molecule has 0 bridgehead atoms. The Morgan fingerprint density at radius 2 is 1.79 bits per heavy atom. The van der Waals surface area contributed by atoms with E-state index in [-0.39, 0.29) is 11.8 Å². The lowest BCUT2D eigenvalue weighted by atomic mass is 9.86. The van der Waals surface area contributed by atoms with Crippen LogP contribution in [0.5, 0.6) is 0 Å². The van der Waals surface area contributed by atoms with Gasteiger partial charge >= 0.3 is 0 Å². The maximum Gasteiger partial charge on any atom is 0.253 e. The summed E-state index contributed by atoms with van der Waals surface area (Å²) in [6, 6.07) is 5.24. The molecule has 2 amide bonds. The number of aromatic nitrogens is 3. The van der Waals surface area contributed by atoms with E-state index in [0.29, 0.717) is 31.5 Å². The van der Waals surface area contributed by atoms with Gasteiger partial charge in [-0.1, -0.05) is 0 Å². The van der Waals surface area contributed by atoms with Gasteiger partial charge in [0, 0.05) is 57.5 Å². The highest BCUT2D eigenvalue weighted by Gasteiger charge is 2.45. The fraction of sp³-hybridized carbons (Fsp3) is 0.412. The number of amides is 2. The Morgan fingerprint density at radius 3 is 2.33 bits per heavy atom. The van der Waals surface area contributed by atoms with Gasteiger partial charge in [-0.3, -0.25) is 19.3 Å². The minimum atomic E-state index is -0.720. The molecule has 0 aliphatic carbocycles. The van der Waals surface area contributed by atoms with Crippen molar-refractivity contribution in [2.24, 2.45) is 0 Å². The number of likely N-dealkylation sites (N-methyl/N-ethyl adjacent to an activating group) is 1. The second kappa shape index (κ2) is 6.43. The van der Waals surface area contributed by atoms with Crippen LogP contribution in [-0.2, 0) is 10.3 Å². The summed E-state index contributed by atoms with van der Waals surface area (Å²) in [4.78, 5) is 32.7. The number of hydrogen-bond donors (Lipinski definition) is 0. The Morgan fingerprint density at radius 1 is 1.12 bits per heavy atom. The third-order valence-electron chi connectivity index (χ3n) is 4.55. The number of pyridine rings is 1. The number of likely N-dealkylation sites (tertiary alicyclic amines) is 1. The Bertz CT molecular complexity index is 704. The Kier molecular flexibility index (Phi) is 4.33. The van der Waals surface area contributed by atoms with Crippen LogP contribution in [0.15, 0.2) is 43.0 Å². The summed E-state index contributed by atoms with van der Waals surface area (Å²) >= 11 is 0. The van der Waals surface area contributed by atoms with Gasteiger partial charge in [0.25, 0.3) is 5.91 Å². The lowest BCUT2D eigenvalue weighted by Gasteiger charge is -2.42. The quantitative estimate of drug-likeness (QED) is 0.843. The van der Waals surface area contributed by atoms with Gasteiger partial charge in [-0.2, -0.15) is 5.10 Å². The molecule has 1 saturated heterocycles. The van der Waals surface area contributed by atoms with Gasteiger partial charge in [0.1, 0.15) is 5.54 Å². The van der Waals surface area contributed by atoms with Crippen LogP contribution in [0.1, 0.15) is 23.2 Å². The molecule has 0 atom stereocenters. The van der Waals surface area contributed by atoms with Crippen molar-refractivity contribution >= 4 is 11.8 Å². The van der Waals surface area contributed by atoms with Crippen LogP contribution in [0.25, 0.3) is 0 Å². The van der Waals surface area contributed by atoms with Crippen molar-refractivity contribution in [3.8, 4) is 0 Å². The van der Waals surface area contributed by atoms with Gasteiger partial charge in [0.15, 0.2) is 0 Å². The number of carbonyl (C=O) groups excluding carboxylic acids is 2. The van der Waals surface area contributed by atoms with Crippen LogP contribution >= 0.6 is 0 Å². The van der Waals surface area contributed by atoms with Gasteiger partial charge in [0.2, 0.25) is 5.91 Å². The molecule has 0 spiro atoms. The zero-order valence-electron chi connectivity index (χ0n) is 13.9. The van der Waals surface area contributed by atoms with Crippen LogP contribution in [0.3, 0.4) is 0 Å². The molecule has 2 aromatic heterocycles. The van der Waals surface area contributed by atoms with E-state index < -0.39 is 5.54 Å². The monoisotopic (exact) mass is 327 g/mol. The Hall–Kier alpha value is -2.70. The summed E-state index contributed by atoms with van der Waals surface area (Å²) in [5.74, 6) is -0.00835. The Balaban J connectivity index is 1.80. The normalized spacial score (nSPS) is 16.7. The lowest BCUT2D eigenvalue weighted by Crippen LogP contribution is -2.55. The average Bonchev–Trinajstić information content (AvgIpc) is 3.16. The summed E-state index contributed by atoms with van der Waals surface area (Å²) in [5, 5.41) is 4.30. The highest BCUT2D eigenvalue weighted by molar-refractivity contribution is 5.94. The van der Waals surface area contributed by atoms with E-state index in [2.05, 4.69) is 10.1 Å². The van der Waals surface area contributed by atoms with Crippen molar-refractivity contribution in [2.75, 3.05) is 27.2 Å². The molecule has 2 aromatic rings. The Labute approximate surface area is 140 Å². The van der Waals surface area contributed by atoms with Crippen molar-refractivity contribution in [3.63, 3.8) is 0 Å². The van der Waals surface area contributed by atoms with Crippen LogP contribution < -0.4 is 0 Å². The van der Waals surface area contributed by atoms with Crippen molar-refractivity contribution < 1.29 is 9.59 Å². The molecular formula is C17H21N5O2. The number of nitrogens with zero attached hydrogens (tertiary/aromatic N) is 5. The summed E-state index contributed by atoms with van der Waals surface area (Å²) < 4.78 is 1.74. The molecule has 0 saturated carbocycles. The summed E-state index contributed by atoms with van der Waals surface area (Å²) in [6.07, 6.45) is 7.81. The molecule has 3 heterocycles. The SMILES string of the molecule is CN(C)C(=O)C1(n2cccn2)CCN(C(=O)c2ccncc2)CC1. The molecule has 0 N–H and O–H groups in total. The van der Waals surface area contributed by atoms with Crippen molar-refractivity contribution in [2.45, 2.75) is 18.4 Å². The van der Waals surface area contributed by atoms with E-state index in [1.165, 1.54) is 0 Å². The molecule has 1 aliphatic heterocycles. The fourth-order valence-corrected chi connectivity index (χ4v) is 3.24. The van der Waals surface area contributed by atoms with Gasteiger partial charge in [0.05, 0.1) is 0 Å². The first-order valence-electron chi connectivity index (χ1n) is 7.96. The van der Waals surface area contributed by atoms with Crippen LogP contribution in [-0.4, -0.2) is 63.6 Å². The summed E-state index contributed by atoms with van der Waals surface area (Å²) in [5.41, 5.74) is -0.0994. The minimum Gasteiger partial charge on any atom is -0.347 e. The number of carbonyl (C=O) groups is 2. The molecule has 0 aromatic carbocycles. The van der Waals surface area contributed by atoms with E-state index in [9.17, 15) is 9.59 Å². The first-order valence-corrected chi connectivity index (χ1v) is 7.96. The van der Waals surface area contributed by atoms with Gasteiger partial charge in [-0.25, -0.2) is 0 Å². The zero-order chi connectivity index (χ0) is 17.2. The topological polar surface area (TPSA) is 71.3 Å². The summed E-state index contributed by atoms with van der Waals surface area (Å²) in [7, 11) is 3.50. The average molecular weight is 327 g/mol. The molecule has 7 nitrogen and oxygen atoms in total. The van der Waals surface area contributed by atoms with Gasteiger partial charge in [-0.05, 0) is 31.0 Å². The second-order valence-electron chi connectivity index (χ2n) is 6.21. The molecule has 3 rings (SSSR count). The zero-order valence-corrected chi connectivity index (χ0v) is 13.9. The predicted octanol–water partition coefficient (Wildman–Crippen LogP) is 0.998. The predicted molar refractivity (Wildman–Crippen MR) is 88.3 cm³/mol. The van der Waals surface area contributed by atoms with E-state index in [4.69, 9.17) is 0 Å². The first-order chi connectivity index (χ1) is 11.5. The molecule has 0 radical (unpaired) electrons. The molecule has 126 valence electrons. The first kappa shape index (κ1) is 16.2. The van der Waals surface area contributed by atoms with Crippen molar-refractivity contribution in [1.82, 2.24) is 24.6 Å². The van der Waals surface area contributed by atoms with Crippen LogP contribution in [0.4, 0.5) is 0 Å². The van der Waals surface area contributed by atoms with Gasteiger partial charge < -0.3 is 9.80 Å². The summed E-state index contributed by atoms with van der Waals surface area (Å²) in [6.45, 7) is 1.03. The van der Waals surface area contributed by atoms with Gasteiger partial charge in [-0.15, -0.1) is 0 Å². The fourth-order valence-electron chi connectivity index (χ4n) is 3.24. The second-order valence-corrected chi connectivity index (χ2v) is 6.21. The van der Waals surface area contributed by atoms with Crippen molar-refractivity contribution in [1.29, 1.82) is 0 Å². The van der Waals surface area contributed by atoms with E-state index in [1.54, 1.807) is 59.3 Å². The number of rotatable bonds is 3. The molecule has 1 fully saturated rings. The maximum atomic E-state index is 12.8. The maximum absolute atomic E-state index is 12.8. The standard InChI is InChI=1S/C17H21N5O2/c1-20(2)16(24)17(22-11-3-8-19-22)6-12-21(13-7-17)15(23)14-4-9-18-10-5-14/h3-5,8-11H,6-7,12-13H2,1-2H3. The minimum absolute atomic E-state index is 0.0159.